The maximum absolute atomic E-state index is 9.27. The summed E-state index contributed by atoms with van der Waals surface area (Å²) < 4.78 is 5.43. The van der Waals surface area contributed by atoms with Crippen molar-refractivity contribution in [3.63, 3.8) is 0 Å². The van der Waals surface area contributed by atoms with Crippen LogP contribution in [-0.4, -0.2) is 24.4 Å². The Hall–Kier alpha value is -1.06. The van der Waals surface area contributed by atoms with Crippen LogP contribution in [0.4, 0.5) is 0 Å². The predicted octanol–water partition coefficient (Wildman–Crippen LogP) is 0.285. The van der Waals surface area contributed by atoms with Crippen molar-refractivity contribution in [2.75, 3.05) is 13.2 Å². The van der Waals surface area contributed by atoms with Gasteiger partial charge in [0.15, 0.2) is 0 Å². The molecule has 3 nitrogen and oxygen atoms in total. The maximum atomic E-state index is 9.27. The topological polar surface area (TPSA) is 57.1 Å². The average molecular weight is 196 g/mol. The molecule has 1 aromatic carbocycles. The van der Waals surface area contributed by atoms with E-state index in [1.807, 2.05) is 26.0 Å². The molecule has 0 spiro atoms. The van der Waals surface area contributed by atoms with Crippen molar-refractivity contribution >= 4 is 0 Å². The highest BCUT2D eigenvalue weighted by Gasteiger charge is 2.04. The van der Waals surface area contributed by atoms with Gasteiger partial charge in [-0.25, -0.2) is 0 Å². The monoisotopic (exact) mass is 196 g/mol. The third-order valence-electron chi connectivity index (χ3n) is 1.97. The van der Waals surface area contributed by atoms with Crippen molar-refractivity contribution in [3.8, 4) is 5.75 Å². The number of aliphatic hydroxyl groups excluding tert-OH is 1. The molecule has 0 heterocycles. The van der Waals surface area contributed by atoms with Gasteiger partial charge in [-0.05, 0) is 37.1 Å². The van der Waals surface area contributed by atoms with E-state index >= 15 is 0 Å². The first kappa shape index (κ1) is 11.0. The number of aryl methyl sites for hydroxylation is 2. The summed E-state index contributed by atoms with van der Waals surface area (Å²) in [5.41, 5.74) is 5.94. The van der Waals surface area contributed by atoms with E-state index in [1.54, 1.807) is 0 Å². The minimum atomic E-state index is -0.476. The van der Waals surface area contributed by atoms with Gasteiger partial charge >= 0.3 is 0 Å². The Bertz CT molecular complexity index is 279. The summed E-state index contributed by atoms with van der Waals surface area (Å²) in [6.45, 7) is 4.84. The van der Waals surface area contributed by atoms with Gasteiger partial charge in [0.25, 0.3) is 0 Å². The second-order valence-corrected chi connectivity index (χ2v) is 3.58. The number of aliphatic hydroxyl groups is 1. The fraction of sp³-hybridized carbons (Fsp3) is 0.455. The number of rotatable bonds is 4. The van der Waals surface area contributed by atoms with Crippen molar-refractivity contribution in [2.45, 2.75) is 20.0 Å². The molecule has 0 aliphatic heterocycles. The predicted molar refractivity (Wildman–Crippen MR) is 55.2 cm³/mol. The summed E-state index contributed by atoms with van der Waals surface area (Å²) in [4.78, 5) is 0. The molecule has 3 heteroatoms. The summed E-state index contributed by atoms with van der Waals surface area (Å²) in [5.74, 6) is 0.815. The van der Waals surface area contributed by atoms with Gasteiger partial charge in [-0.15, -0.1) is 0 Å². The lowest BCUT2D eigenvalue weighted by atomic mass is 10.1. The Kier molecular flexibility index (Phi) is 3.92. The van der Waals surface area contributed by atoms with Crippen LogP contribution < -0.4 is 10.5 Å². The second kappa shape index (κ2) is 4.98. The second-order valence-electron chi connectivity index (χ2n) is 3.58. The van der Waals surface area contributed by atoms with Crippen LogP contribution in [0, 0.1) is 13.8 Å². The zero-order valence-electron chi connectivity index (χ0n) is 8.79. The van der Waals surface area contributed by atoms with E-state index in [0.717, 1.165) is 5.75 Å². The quantitative estimate of drug-likeness (QED) is 0.727. The van der Waals surface area contributed by atoms with Crippen molar-refractivity contribution < 1.29 is 15.6 Å². The van der Waals surface area contributed by atoms with Crippen LogP contribution in [0.5, 0.6) is 5.75 Å². The zero-order valence-corrected chi connectivity index (χ0v) is 8.79. The largest absolute Gasteiger partial charge is 0.491 e. The van der Waals surface area contributed by atoms with E-state index < -0.39 is 6.10 Å². The average Bonchev–Trinajstić information content (AvgIpc) is 2.12. The van der Waals surface area contributed by atoms with Crippen LogP contribution in [0.15, 0.2) is 18.2 Å². The molecule has 0 saturated heterocycles. The van der Waals surface area contributed by atoms with Gasteiger partial charge in [-0.2, -0.15) is 0 Å². The molecule has 1 aromatic rings. The fourth-order valence-electron chi connectivity index (χ4n) is 1.29. The van der Waals surface area contributed by atoms with E-state index in [0.29, 0.717) is 13.2 Å². The van der Waals surface area contributed by atoms with Gasteiger partial charge in [0, 0.05) is 0 Å². The highest BCUT2D eigenvalue weighted by molar-refractivity contribution is 5.32. The zero-order chi connectivity index (χ0) is 10.6. The molecule has 14 heavy (non-hydrogen) atoms. The lowest BCUT2D eigenvalue weighted by molar-refractivity contribution is -0.384. The van der Waals surface area contributed by atoms with E-state index in [2.05, 4.69) is 11.8 Å². The van der Waals surface area contributed by atoms with E-state index in [-0.39, 0.29) is 0 Å². The molecule has 0 aliphatic carbocycles. The molecular formula is C11H18NO2+. The maximum Gasteiger partial charge on any atom is 0.136 e. The molecule has 0 radical (unpaired) electrons. The molecule has 78 valence electrons. The molecule has 0 fully saturated rings. The Labute approximate surface area is 84.5 Å². The van der Waals surface area contributed by atoms with Gasteiger partial charge in [-0.3, -0.25) is 0 Å². The van der Waals surface area contributed by atoms with Gasteiger partial charge in [-0.1, -0.05) is 6.07 Å². The molecule has 0 unspecified atom stereocenters. The van der Waals surface area contributed by atoms with Crippen LogP contribution >= 0.6 is 0 Å². The van der Waals surface area contributed by atoms with Gasteiger partial charge in [0.2, 0.25) is 0 Å². The van der Waals surface area contributed by atoms with E-state index in [9.17, 15) is 5.11 Å². The molecule has 0 saturated carbocycles. The summed E-state index contributed by atoms with van der Waals surface area (Å²) in [6, 6.07) is 6.01. The van der Waals surface area contributed by atoms with E-state index in [1.165, 1.54) is 11.1 Å². The SMILES string of the molecule is Cc1cc(C)cc(OC[C@H](O)C[NH3+])c1. The summed E-state index contributed by atoms with van der Waals surface area (Å²) in [5, 5.41) is 9.27. The van der Waals surface area contributed by atoms with Gasteiger partial charge < -0.3 is 15.6 Å². The molecule has 0 amide bonds. The molecule has 1 atom stereocenters. The van der Waals surface area contributed by atoms with Gasteiger partial charge in [0.05, 0.1) is 0 Å². The summed E-state index contributed by atoms with van der Waals surface area (Å²) in [6.07, 6.45) is -0.476. The minimum Gasteiger partial charge on any atom is -0.491 e. The van der Waals surface area contributed by atoms with Crippen molar-refractivity contribution in [2.24, 2.45) is 0 Å². The van der Waals surface area contributed by atoms with Crippen molar-refractivity contribution in [3.05, 3.63) is 29.3 Å². The fourth-order valence-corrected chi connectivity index (χ4v) is 1.29. The lowest BCUT2D eigenvalue weighted by Crippen LogP contribution is -2.56. The van der Waals surface area contributed by atoms with E-state index in [4.69, 9.17) is 4.74 Å². The third kappa shape index (κ3) is 3.36. The van der Waals surface area contributed by atoms with Crippen LogP contribution in [0.1, 0.15) is 11.1 Å². The first-order valence-corrected chi connectivity index (χ1v) is 4.80. The Balaban J connectivity index is 2.58. The number of benzene rings is 1. The molecule has 4 N–H and O–H groups in total. The summed E-state index contributed by atoms with van der Waals surface area (Å²) >= 11 is 0. The molecule has 0 aromatic heterocycles. The Morgan fingerprint density at radius 1 is 1.29 bits per heavy atom. The highest BCUT2D eigenvalue weighted by Crippen LogP contribution is 2.16. The smallest absolute Gasteiger partial charge is 0.136 e. The third-order valence-corrected chi connectivity index (χ3v) is 1.97. The number of ether oxygens (including phenoxy) is 1. The van der Waals surface area contributed by atoms with Crippen LogP contribution in [0.3, 0.4) is 0 Å². The minimum absolute atomic E-state index is 0.312. The normalized spacial score (nSPS) is 12.6. The van der Waals surface area contributed by atoms with Crippen LogP contribution in [0.25, 0.3) is 0 Å². The summed E-state index contributed by atoms with van der Waals surface area (Å²) in [7, 11) is 0. The Morgan fingerprint density at radius 3 is 2.36 bits per heavy atom. The lowest BCUT2D eigenvalue weighted by Gasteiger charge is -2.10. The van der Waals surface area contributed by atoms with Crippen molar-refractivity contribution in [1.29, 1.82) is 0 Å². The molecule has 1 rings (SSSR count). The first-order valence-electron chi connectivity index (χ1n) is 4.80. The number of quaternary nitrogens is 1. The van der Waals surface area contributed by atoms with Crippen molar-refractivity contribution in [1.82, 2.24) is 0 Å². The number of hydrogen-bond acceptors (Lipinski definition) is 2. The van der Waals surface area contributed by atoms with Crippen LogP contribution in [-0.2, 0) is 0 Å². The molecule has 0 aliphatic rings. The molecule has 0 bridgehead atoms. The Morgan fingerprint density at radius 2 is 1.86 bits per heavy atom. The van der Waals surface area contributed by atoms with Gasteiger partial charge in [0.1, 0.15) is 25.0 Å². The first-order chi connectivity index (χ1) is 6.61. The highest BCUT2D eigenvalue weighted by atomic mass is 16.5. The molecular weight excluding hydrogens is 178 g/mol. The number of hydrogen-bond donors (Lipinski definition) is 2. The standard InChI is InChI=1S/C11H17NO2/c1-8-3-9(2)5-11(4-8)14-7-10(13)6-12/h3-5,10,13H,6-7,12H2,1-2H3/p+1/t10-/m1/s1. The van der Waals surface area contributed by atoms with Crippen LogP contribution in [0.2, 0.25) is 0 Å².